The van der Waals surface area contributed by atoms with Gasteiger partial charge in [0, 0.05) is 12.4 Å². The summed E-state index contributed by atoms with van der Waals surface area (Å²) in [5.41, 5.74) is 12.3. The second-order valence-electron chi connectivity index (χ2n) is 5.52. The van der Waals surface area contributed by atoms with E-state index in [1.54, 1.807) is 36.0 Å². The van der Waals surface area contributed by atoms with Gasteiger partial charge in [0.05, 0.1) is 23.1 Å². The number of nitrogen functional groups attached to an aromatic ring is 1. The van der Waals surface area contributed by atoms with E-state index in [0.717, 1.165) is 11.3 Å². The molecule has 126 valence electrons. The van der Waals surface area contributed by atoms with Crippen molar-refractivity contribution in [3.63, 3.8) is 0 Å². The Morgan fingerprint density at radius 1 is 1.32 bits per heavy atom. The van der Waals surface area contributed by atoms with Gasteiger partial charge in [0.25, 0.3) is 11.5 Å². The summed E-state index contributed by atoms with van der Waals surface area (Å²) in [5.74, 6) is -0.211. The fourth-order valence-electron chi connectivity index (χ4n) is 2.75. The third-order valence-corrected chi connectivity index (χ3v) is 4.97. The summed E-state index contributed by atoms with van der Waals surface area (Å²) in [6.45, 7) is 0.207. The lowest BCUT2D eigenvalue weighted by Gasteiger charge is -2.05. The number of pyridine rings is 1. The van der Waals surface area contributed by atoms with Crippen molar-refractivity contribution < 1.29 is 4.79 Å². The number of carbonyl (C=O) groups is 1. The van der Waals surface area contributed by atoms with E-state index in [-0.39, 0.29) is 17.1 Å². The van der Waals surface area contributed by atoms with Crippen molar-refractivity contribution in [1.29, 1.82) is 0 Å². The molecule has 0 aliphatic rings. The van der Waals surface area contributed by atoms with Gasteiger partial charge in [-0.1, -0.05) is 6.07 Å². The number of thiazole rings is 1. The molecule has 4 rings (SSSR count). The Hall–Kier alpha value is -3.27. The number of fused-ring (bicyclic) bond motifs is 3. The summed E-state index contributed by atoms with van der Waals surface area (Å²) in [5, 5.41) is 5.07. The summed E-state index contributed by atoms with van der Waals surface area (Å²) in [6.07, 6.45) is 1.59. The lowest BCUT2D eigenvalue weighted by atomic mass is 10.3. The summed E-state index contributed by atoms with van der Waals surface area (Å²) in [4.78, 5) is 32.6. The molecule has 0 spiro atoms. The number of rotatable bonds is 3. The maximum absolute atomic E-state index is 12.8. The number of anilines is 1. The molecule has 0 saturated heterocycles. The number of aryl methyl sites for hydroxylation is 1. The quantitative estimate of drug-likeness (QED) is 0.548. The largest absolute Gasteiger partial charge is 0.384 e. The number of hydrogen-bond donors (Lipinski definition) is 2. The second-order valence-corrected chi connectivity index (χ2v) is 6.52. The third-order valence-electron chi connectivity index (χ3n) is 3.88. The minimum absolute atomic E-state index is 0.204. The van der Waals surface area contributed by atoms with E-state index >= 15 is 0 Å². The number of hydrogen-bond acceptors (Lipinski definition) is 7. The van der Waals surface area contributed by atoms with Crippen molar-refractivity contribution in [3.05, 3.63) is 45.5 Å². The average Bonchev–Trinajstić information content (AvgIpc) is 3.10. The fraction of sp³-hybridized carbons (Fsp3) is 0.133. The van der Waals surface area contributed by atoms with Crippen molar-refractivity contribution >= 4 is 44.3 Å². The van der Waals surface area contributed by atoms with Crippen molar-refractivity contribution in [3.8, 4) is 0 Å². The molecule has 0 fully saturated rings. The Morgan fingerprint density at radius 3 is 2.84 bits per heavy atom. The molecule has 9 nitrogen and oxygen atoms in total. The molecule has 25 heavy (non-hydrogen) atoms. The third kappa shape index (κ3) is 2.34. The van der Waals surface area contributed by atoms with Crippen LogP contribution < -0.4 is 17.0 Å². The normalized spacial score (nSPS) is 11.4. The van der Waals surface area contributed by atoms with Crippen LogP contribution in [0.5, 0.6) is 0 Å². The number of primary amides is 1. The average molecular weight is 355 g/mol. The van der Waals surface area contributed by atoms with Gasteiger partial charge in [-0.3, -0.25) is 9.59 Å². The van der Waals surface area contributed by atoms with Gasteiger partial charge in [0.1, 0.15) is 11.3 Å². The number of nitrogens with zero attached hydrogens (tertiary/aromatic N) is 5. The SMILES string of the molecule is Cn1c2nc(C(N)=O)sc2c2cnn(Cc3cccc(N)n3)c(=O)c21. The van der Waals surface area contributed by atoms with Crippen LogP contribution in [0.3, 0.4) is 0 Å². The van der Waals surface area contributed by atoms with Crippen LogP contribution >= 0.6 is 11.3 Å². The lowest BCUT2D eigenvalue weighted by Crippen LogP contribution is -2.25. The molecule has 4 N–H and O–H groups in total. The minimum Gasteiger partial charge on any atom is -0.384 e. The van der Waals surface area contributed by atoms with Gasteiger partial charge in [-0.15, -0.1) is 11.3 Å². The molecule has 0 atom stereocenters. The maximum atomic E-state index is 12.8. The second kappa shape index (κ2) is 5.38. The Labute approximate surface area is 144 Å². The van der Waals surface area contributed by atoms with E-state index in [4.69, 9.17) is 11.5 Å². The predicted octanol–water partition coefficient (Wildman–Crippen LogP) is 0.469. The van der Waals surface area contributed by atoms with Crippen molar-refractivity contribution in [2.45, 2.75) is 6.54 Å². The van der Waals surface area contributed by atoms with Gasteiger partial charge < -0.3 is 16.0 Å². The molecule has 0 radical (unpaired) electrons. The summed E-state index contributed by atoms with van der Waals surface area (Å²) in [7, 11) is 1.72. The van der Waals surface area contributed by atoms with Gasteiger partial charge in [-0.05, 0) is 12.1 Å². The van der Waals surface area contributed by atoms with Crippen molar-refractivity contribution in [2.24, 2.45) is 12.8 Å². The summed E-state index contributed by atoms with van der Waals surface area (Å²) in [6, 6.07) is 5.23. The molecule has 0 saturated carbocycles. The summed E-state index contributed by atoms with van der Waals surface area (Å²) >= 11 is 1.15. The number of nitrogens with two attached hydrogens (primary N) is 2. The van der Waals surface area contributed by atoms with E-state index < -0.39 is 5.91 Å². The van der Waals surface area contributed by atoms with Crippen LogP contribution in [0.1, 0.15) is 15.5 Å². The Bertz CT molecular complexity index is 1200. The molecule has 4 aromatic rings. The van der Waals surface area contributed by atoms with Crippen LogP contribution in [-0.2, 0) is 13.6 Å². The smallest absolute Gasteiger partial charge is 0.291 e. The highest BCUT2D eigenvalue weighted by Gasteiger charge is 2.19. The van der Waals surface area contributed by atoms with Crippen LogP contribution in [0.15, 0.2) is 29.2 Å². The first-order valence-corrected chi connectivity index (χ1v) is 8.13. The Balaban J connectivity index is 1.89. The predicted molar refractivity (Wildman–Crippen MR) is 94.4 cm³/mol. The first-order valence-electron chi connectivity index (χ1n) is 7.32. The molecular formula is C15H13N7O2S. The molecule has 10 heteroatoms. The molecule has 4 aromatic heterocycles. The van der Waals surface area contributed by atoms with Crippen LogP contribution in [-0.4, -0.2) is 30.2 Å². The molecule has 0 aromatic carbocycles. The zero-order valence-corrected chi connectivity index (χ0v) is 13.9. The molecule has 1 amide bonds. The molecule has 0 unspecified atom stereocenters. The van der Waals surface area contributed by atoms with E-state index in [2.05, 4.69) is 15.1 Å². The van der Waals surface area contributed by atoms with Crippen LogP contribution in [0.4, 0.5) is 5.82 Å². The number of carbonyl (C=O) groups excluding carboxylic acids is 1. The zero-order chi connectivity index (χ0) is 17.7. The van der Waals surface area contributed by atoms with E-state index in [0.29, 0.717) is 32.8 Å². The monoisotopic (exact) mass is 355 g/mol. The minimum atomic E-state index is -0.594. The van der Waals surface area contributed by atoms with Gasteiger partial charge in [0.2, 0.25) is 0 Å². The lowest BCUT2D eigenvalue weighted by molar-refractivity contribution is 0.1000. The molecule has 4 heterocycles. The van der Waals surface area contributed by atoms with Crippen LogP contribution in [0, 0.1) is 0 Å². The highest BCUT2D eigenvalue weighted by atomic mass is 32.1. The highest BCUT2D eigenvalue weighted by Crippen LogP contribution is 2.30. The number of aromatic nitrogens is 5. The number of amides is 1. The Morgan fingerprint density at radius 2 is 2.12 bits per heavy atom. The highest BCUT2D eigenvalue weighted by molar-refractivity contribution is 7.21. The van der Waals surface area contributed by atoms with Crippen molar-refractivity contribution in [2.75, 3.05) is 5.73 Å². The maximum Gasteiger partial charge on any atom is 0.291 e. The summed E-state index contributed by atoms with van der Waals surface area (Å²) < 4.78 is 3.69. The standard InChI is InChI=1S/C15H13N7O2S/c1-21-10-8(11-13(21)20-14(25-11)12(17)23)5-18-22(15(10)24)6-7-3-2-4-9(16)19-7/h2-5H,6H2,1H3,(H2,16,19)(H2,17,23). The van der Waals surface area contributed by atoms with Crippen LogP contribution in [0.2, 0.25) is 0 Å². The fourth-order valence-corrected chi connectivity index (χ4v) is 3.71. The van der Waals surface area contributed by atoms with Gasteiger partial charge in [-0.25, -0.2) is 14.6 Å². The van der Waals surface area contributed by atoms with Gasteiger partial charge in [0.15, 0.2) is 10.7 Å². The van der Waals surface area contributed by atoms with E-state index in [9.17, 15) is 9.59 Å². The molecule has 0 aliphatic carbocycles. The van der Waals surface area contributed by atoms with E-state index in [1.165, 1.54) is 4.68 Å². The molecule has 0 aliphatic heterocycles. The van der Waals surface area contributed by atoms with Crippen LogP contribution in [0.25, 0.3) is 21.3 Å². The van der Waals surface area contributed by atoms with Gasteiger partial charge >= 0.3 is 0 Å². The van der Waals surface area contributed by atoms with Gasteiger partial charge in [-0.2, -0.15) is 5.10 Å². The Kier molecular flexibility index (Phi) is 3.29. The zero-order valence-electron chi connectivity index (χ0n) is 13.1. The first-order chi connectivity index (χ1) is 12.0. The topological polar surface area (TPSA) is 135 Å². The molecular weight excluding hydrogens is 342 g/mol. The van der Waals surface area contributed by atoms with E-state index in [1.807, 2.05) is 0 Å². The molecule has 0 bridgehead atoms. The van der Waals surface area contributed by atoms with Crippen molar-refractivity contribution in [1.82, 2.24) is 24.3 Å². The first kappa shape index (κ1) is 15.3.